The highest BCUT2D eigenvalue weighted by Gasteiger charge is 2.35. The molecule has 0 bridgehead atoms. The summed E-state index contributed by atoms with van der Waals surface area (Å²) in [5.74, 6) is -1.24. The molecule has 1 fully saturated rings. The Hall–Kier alpha value is -3.22. The van der Waals surface area contributed by atoms with Crippen molar-refractivity contribution in [3.63, 3.8) is 0 Å². The first-order chi connectivity index (χ1) is 13.5. The molecule has 0 spiro atoms. The van der Waals surface area contributed by atoms with Crippen molar-refractivity contribution in [2.45, 2.75) is 38.8 Å². The van der Waals surface area contributed by atoms with E-state index in [1.807, 2.05) is 44.2 Å². The smallest absolute Gasteiger partial charge is 0.326 e. The van der Waals surface area contributed by atoms with Crippen molar-refractivity contribution in [1.29, 1.82) is 0 Å². The molecule has 4 rings (SSSR count). The van der Waals surface area contributed by atoms with E-state index in [2.05, 4.69) is 5.10 Å². The number of amides is 1. The van der Waals surface area contributed by atoms with Gasteiger partial charge in [0.25, 0.3) is 5.91 Å². The molecule has 1 aliphatic rings. The van der Waals surface area contributed by atoms with Crippen LogP contribution in [0.3, 0.4) is 0 Å². The zero-order valence-electron chi connectivity index (χ0n) is 15.9. The number of pyridine rings is 1. The van der Waals surface area contributed by atoms with E-state index in [4.69, 9.17) is 4.98 Å². The molecular formula is C21H22N4O3. The van der Waals surface area contributed by atoms with Gasteiger partial charge in [-0.25, -0.2) is 14.5 Å². The number of benzene rings is 1. The Bertz CT molecular complexity index is 1040. The molecule has 1 atom stereocenters. The van der Waals surface area contributed by atoms with E-state index in [0.29, 0.717) is 41.7 Å². The second kappa shape index (κ2) is 7.07. The Morgan fingerprint density at radius 1 is 1.21 bits per heavy atom. The van der Waals surface area contributed by atoms with Gasteiger partial charge in [-0.2, -0.15) is 5.10 Å². The minimum atomic E-state index is -0.961. The fourth-order valence-corrected chi connectivity index (χ4v) is 3.75. The number of carbonyl (C=O) groups is 2. The van der Waals surface area contributed by atoms with Crippen molar-refractivity contribution in [1.82, 2.24) is 19.7 Å². The average molecular weight is 378 g/mol. The first-order valence-corrected chi connectivity index (χ1v) is 9.45. The van der Waals surface area contributed by atoms with Gasteiger partial charge in [-0.3, -0.25) is 4.79 Å². The van der Waals surface area contributed by atoms with E-state index in [1.54, 1.807) is 16.9 Å². The number of carbonyl (C=O) groups excluding carboxylic acids is 1. The summed E-state index contributed by atoms with van der Waals surface area (Å²) in [6, 6.07) is 10.7. The van der Waals surface area contributed by atoms with Gasteiger partial charge >= 0.3 is 5.97 Å². The molecule has 0 radical (unpaired) electrons. The number of rotatable bonds is 4. The van der Waals surface area contributed by atoms with Gasteiger partial charge < -0.3 is 10.0 Å². The van der Waals surface area contributed by atoms with Crippen LogP contribution in [0.25, 0.3) is 22.3 Å². The third-order valence-electron chi connectivity index (χ3n) is 5.15. The number of nitrogens with zero attached hydrogens (tertiary/aromatic N) is 4. The van der Waals surface area contributed by atoms with E-state index in [9.17, 15) is 14.7 Å². The van der Waals surface area contributed by atoms with Crippen molar-refractivity contribution >= 4 is 22.9 Å². The number of aliphatic carboxylic acids is 1. The van der Waals surface area contributed by atoms with Crippen molar-refractivity contribution in [2.24, 2.45) is 0 Å². The second-order valence-corrected chi connectivity index (χ2v) is 7.34. The van der Waals surface area contributed by atoms with Crippen LogP contribution in [-0.2, 0) is 4.79 Å². The summed E-state index contributed by atoms with van der Waals surface area (Å²) >= 11 is 0. The van der Waals surface area contributed by atoms with Crippen LogP contribution in [0.5, 0.6) is 0 Å². The Balaban J connectivity index is 1.89. The van der Waals surface area contributed by atoms with Gasteiger partial charge in [0.05, 0.1) is 22.8 Å². The second-order valence-electron chi connectivity index (χ2n) is 7.34. The SMILES string of the molecule is CC(C)n1ncc2c(C(=O)N3CCC[C@@H]3C(=O)O)cc(-c3ccccc3)nc21. The lowest BCUT2D eigenvalue weighted by Gasteiger charge is -2.22. The summed E-state index contributed by atoms with van der Waals surface area (Å²) in [4.78, 5) is 31.1. The number of fused-ring (bicyclic) bond motifs is 1. The molecule has 0 aliphatic carbocycles. The summed E-state index contributed by atoms with van der Waals surface area (Å²) in [5.41, 5.74) is 2.64. The molecule has 144 valence electrons. The number of hydrogen-bond donors (Lipinski definition) is 1. The predicted octanol–water partition coefficient (Wildman–Crippen LogP) is 3.37. The molecule has 28 heavy (non-hydrogen) atoms. The molecule has 2 aromatic heterocycles. The maximum Gasteiger partial charge on any atom is 0.326 e. The molecule has 7 heteroatoms. The van der Waals surface area contributed by atoms with Gasteiger partial charge in [0.2, 0.25) is 0 Å². The van der Waals surface area contributed by atoms with Crippen molar-refractivity contribution in [3.8, 4) is 11.3 Å². The summed E-state index contributed by atoms with van der Waals surface area (Å²) in [6.07, 6.45) is 2.82. The zero-order valence-corrected chi connectivity index (χ0v) is 15.9. The van der Waals surface area contributed by atoms with Crippen molar-refractivity contribution < 1.29 is 14.7 Å². The van der Waals surface area contributed by atoms with E-state index >= 15 is 0 Å². The van der Waals surface area contributed by atoms with Gasteiger partial charge in [-0.05, 0) is 32.8 Å². The lowest BCUT2D eigenvalue weighted by Crippen LogP contribution is -2.40. The molecule has 0 unspecified atom stereocenters. The first kappa shape index (κ1) is 18.2. The molecule has 1 aliphatic heterocycles. The topological polar surface area (TPSA) is 88.3 Å². The molecule has 1 saturated heterocycles. The van der Waals surface area contributed by atoms with Crippen LogP contribution in [0.2, 0.25) is 0 Å². The molecule has 1 aromatic carbocycles. The lowest BCUT2D eigenvalue weighted by molar-refractivity contribution is -0.141. The van der Waals surface area contributed by atoms with Crippen LogP contribution in [0.1, 0.15) is 43.1 Å². The number of likely N-dealkylation sites (tertiary alicyclic amines) is 1. The predicted molar refractivity (Wildman–Crippen MR) is 105 cm³/mol. The van der Waals surface area contributed by atoms with Crippen LogP contribution in [0.4, 0.5) is 0 Å². The van der Waals surface area contributed by atoms with E-state index in [0.717, 1.165) is 5.56 Å². The summed E-state index contributed by atoms with van der Waals surface area (Å²) in [5, 5.41) is 14.5. The number of hydrogen-bond acceptors (Lipinski definition) is 4. The van der Waals surface area contributed by atoms with E-state index in [-0.39, 0.29) is 11.9 Å². The fraction of sp³-hybridized carbons (Fsp3) is 0.333. The average Bonchev–Trinajstić information content (AvgIpc) is 3.34. The van der Waals surface area contributed by atoms with Gasteiger partial charge in [0.15, 0.2) is 5.65 Å². The highest BCUT2D eigenvalue weighted by Crippen LogP contribution is 2.29. The van der Waals surface area contributed by atoms with E-state index < -0.39 is 12.0 Å². The summed E-state index contributed by atoms with van der Waals surface area (Å²) in [7, 11) is 0. The summed E-state index contributed by atoms with van der Waals surface area (Å²) in [6.45, 7) is 4.45. The Morgan fingerprint density at radius 2 is 1.96 bits per heavy atom. The first-order valence-electron chi connectivity index (χ1n) is 9.45. The van der Waals surface area contributed by atoms with Gasteiger partial charge in [0, 0.05) is 18.2 Å². The maximum absolute atomic E-state index is 13.3. The molecular weight excluding hydrogens is 356 g/mol. The molecule has 0 saturated carbocycles. The number of aromatic nitrogens is 3. The standard InChI is InChI=1S/C21H22N4O3/c1-13(2)25-19-16(12-22-25)15(11-17(23-19)14-7-4-3-5-8-14)20(26)24-10-6-9-18(24)21(27)28/h3-5,7-8,11-13,18H,6,9-10H2,1-2H3,(H,27,28)/t18-/m1/s1. The molecule has 3 heterocycles. The minimum absolute atomic E-state index is 0.0810. The highest BCUT2D eigenvalue weighted by atomic mass is 16.4. The Morgan fingerprint density at radius 3 is 2.64 bits per heavy atom. The van der Waals surface area contributed by atoms with Crippen LogP contribution >= 0.6 is 0 Å². The normalized spacial score (nSPS) is 16.8. The van der Waals surface area contributed by atoms with Crippen LogP contribution < -0.4 is 0 Å². The maximum atomic E-state index is 13.3. The number of carboxylic acid groups (broad SMARTS) is 1. The van der Waals surface area contributed by atoms with Gasteiger partial charge in [0.1, 0.15) is 6.04 Å². The fourth-order valence-electron chi connectivity index (χ4n) is 3.75. The molecule has 7 nitrogen and oxygen atoms in total. The van der Waals surface area contributed by atoms with Crippen LogP contribution in [-0.4, -0.2) is 49.2 Å². The quantitative estimate of drug-likeness (QED) is 0.752. The van der Waals surface area contributed by atoms with Crippen LogP contribution in [0.15, 0.2) is 42.6 Å². The Labute approximate surface area is 162 Å². The monoisotopic (exact) mass is 378 g/mol. The zero-order chi connectivity index (χ0) is 19.8. The Kier molecular flexibility index (Phi) is 4.58. The van der Waals surface area contributed by atoms with Gasteiger partial charge in [-0.15, -0.1) is 0 Å². The summed E-state index contributed by atoms with van der Waals surface area (Å²) < 4.78 is 1.79. The van der Waals surface area contributed by atoms with E-state index in [1.165, 1.54) is 4.90 Å². The van der Waals surface area contributed by atoms with Crippen molar-refractivity contribution in [3.05, 3.63) is 48.2 Å². The van der Waals surface area contributed by atoms with Gasteiger partial charge in [-0.1, -0.05) is 30.3 Å². The highest BCUT2D eigenvalue weighted by molar-refractivity contribution is 6.07. The largest absolute Gasteiger partial charge is 0.480 e. The lowest BCUT2D eigenvalue weighted by atomic mass is 10.1. The molecule has 3 aromatic rings. The molecule has 1 N–H and O–H groups in total. The van der Waals surface area contributed by atoms with Crippen LogP contribution in [0, 0.1) is 0 Å². The number of carboxylic acids is 1. The minimum Gasteiger partial charge on any atom is -0.480 e. The molecule has 1 amide bonds. The third-order valence-corrected chi connectivity index (χ3v) is 5.15. The third kappa shape index (κ3) is 3.02. The van der Waals surface area contributed by atoms with Crippen molar-refractivity contribution in [2.75, 3.05) is 6.54 Å².